The van der Waals surface area contributed by atoms with Gasteiger partial charge in [0, 0.05) is 13.1 Å². The number of anilines is 1. The van der Waals surface area contributed by atoms with Gasteiger partial charge < -0.3 is 10.4 Å². The topological polar surface area (TPSA) is 121 Å². The highest BCUT2D eigenvalue weighted by Crippen LogP contribution is 2.24. The summed E-state index contributed by atoms with van der Waals surface area (Å²) < 4.78 is 24.4. The van der Waals surface area contributed by atoms with E-state index in [9.17, 15) is 13.2 Å². The number of nitrogens with one attached hydrogen (secondary N) is 2. The number of sulfonamides is 1. The Morgan fingerprint density at radius 3 is 2.78 bits per heavy atom. The van der Waals surface area contributed by atoms with Crippen LogP contribution in [-0.2, 0) is 14.8 Å². The fourth-order valence-corrected chi connectivity index (χ4v) is 2.84. The Labute approximate surface area is 112 Å². The quantitative estimate of drug-likeness (QED) is 0.441. The molecule has 0 aliphatic heterocycles. The lowest BCUT2D eigenvalue weighted by molar-refractivity contribution is -0.133. The number of thioether (sulfide) groups is 1. The number of hydrogen-bond donors (Lipinski definition) is 3. The molecule has 0 fully saturated rings. The largest absolute Gasteiger partial charge is 0.481 e. The summed E-state index contributed by atoms with van der Waals surface area (Å²) >= 11 is 2.31. The second-order valence-electron chi connectivity index (χ2n) is 3.15. The van der Waals surface area contributed by atoms with Gasteiger partial charge in [-0.25, -0.2) is 13.1 Å². The number of carboxylic acids is 1. The predicted octanol–water partition coefficient (Wildman–Crippen LogP) is -0.324. The van der Waals surface area contributed by atoms with Crippen LogP contribution < -0.4 is 10.0 Å². The highest BCUT2D eigenvalue weighted by molar-refractivity contribution is 8.01. The molecule has 0 radical (unpaired) electrons. The van der Waals surface area contributed by atoms with Crippen molar-refractivity contribution in [3.05, 3.63) is 0 Å². The molecule has 0 aliphatic rings. The number of nitrogens with zero attached hydrogens (tertiary/aromatic N) is 2. The number of carboxylic acid groups (broad SMARTS) is 1. The first-order valence-electron chi connectivity index (χ1n) is 4.73. The third-order valence-corrected chi connectivity index (χ3v) is 4.22. The fourth-order valence-electron chi connectivity index (χ4n) is 0.869. The molecular formula is C7H12N4O4S3. The van der Waals surface area contributed by atoms with Gasteiger partial charge in [-0.2, -0.15) is 0 Å². The van der Waals surface area contributed by atoms with Crippen LogP contribution in [0.15, 0.2) is 4.34 Å². The molecular weight excluding hydrogens is 300 g/mol. The van der Waals surface area contributed by atoms with Crippen LogP contribution in [0.4, 0.5) is 5.13 Å². The highest BCUT2D eigenvalue weighted by atomic mass is 32.2. The van der Waals surface area contributed by atoms with Gasteiger partial charge in [0.2, 0.25) is 15.2 Å². The van der Waals surface area contributed by atoms with E-state index in [2.05, 4.69) is 20.2 Å². The molecule has 0 aromatic carbocycles. The lowest BCUT2D eigenvalue weighted by atomic mass is 10.7. The zero-order valence-electron chi connectivity index (χ0n) is 9.41. The minimum absolute atomic E-state index is 0.0652. The van der Waals surface area contributed by atoms with Gasteiger partial charge in [-0.1, -0.05) is 23.1 Å². The first kappa shape index (κ1) is 15.1. The second kappa shape index (κ2) is 6.87. The standard InChI is InChI=1S/C7H12N4O4S3/c1-18(14,15)9-3-2-8-6-10-11-7(17-6)16-4-5(12)13/h9H,2-4H2,1H3,(H,8,10)(H,12,13). The van der Waals surface area contributed by atoms with Gasteiger partial charge in [-0.15, -0.1) is 10.2 Å². The lowest BCUT2D eigenvalue weighted by Gasteiger charge is -2.02. The van der Waals surface area contributed by atoms with E-state index in [1.54, 1.807) is 0 Å². The summed E-state index contributed by atoms with van der Waals surface area (Å²) in [6.45, 7) is 0.626. The smallest absolute Gasteiger partial charge is 0.313 e. The van der Waals surface area contributed by atoms with Crippen molar-refractivity contribution in [2.24, 2.45) is 0 Å². The Morgan fingerprint density at radius 2 is 2.17 bits per heavy atom. The average Bonchev–Trinajstić information content (AvgIpc) is 2.68. The maximum atomic E-state index is 10.8. The van der Waals surface area contributed by atoms with Crippen molar-refractivity contribution in [2.45, 2.75) is 4.34 Å². The number of carbonyl (C=O) groups is 1. The van der Waals surface area contributed by atoms with Crippen LogP contribution in [0.1, 0.15) is 0 Å². The highest BCUT2D eigenvalue weighted by Gasteiger charge is 2.06. The van der Waals surface area contributed by atoms with Crippen molar-refractivity contribution in [1.29, 1.82) is 0 Å². The van der Waals surface area contributed by atoms with Crippen LogP contribution in [0, 0.1) is 0 Å². The van der Waals surface area contributed by atoms with Gasteiger partial charge in [-0.05, 0) is 0 Å². The third kappa shape index (κ3) is 6.74. The molecule has 8 nitrogen and oxygen atoms in total. The molecule has 1 aromatic rings. The van der Waals surface area contributed by atoms with Gasteiger partial charge >= 0.3 is 5.97 Å². The lowest BCUT2D eigenvalue weighted by Crippen LogP contribution is -2.27. The molecule has 3 N–H and O–H groups in total. The van der Waals surface area contributed by atoms with Crippen LogP contribution in [0.2, 0.25) is 0 Å². The zero-order chi connectivity index (χ0) is 13.6. The van der Waals surface area contributed by atoms with Gasteiger partial charge in [0.05, 0.1) is 12.0 Å². The first-order valence-corrected chi connectivity index (χ1v) is 8.43. The molecule has 18 heavy (non-hydrogen) atoms. The number of aliphatic carboxylic acids is 1. The van der Waals surface area contributed by atoms with Crippen LogP contribution >= 0.6 is 23.1 Å². The van der Waals surface area contributed by atoms with Crippen LogP contribution in [0.25, 0.3) is 0 Å². The summed E-state index contributed by atoms with van der Waals surface area (Å²) in [5, 5.41) is 19.5. The molecule has 0 spiro atoms. The summed E-state index contributed by atoms with van der Waals surface area (Å²) in [5.74, 6) is -0.980. The normalized spacial score (nSPS) is 11.4. The van der Waals surface area contributed by atoms with Crippen molar-refractivity contribution in [1.82, 2.24) is 14.9 Å². The van der Waals surface area contributed by atoms with E-state index >= 15 is 0 Å². The maximum Gasteiger partial charge on any atom is 0.313 e. The van der Waals surface area contributed by atoms with E-state index in [0.29, 0.717) is 16.0 Å². The van der Waals surface area contributed by atoms with E-state index < -0.39 is 16.0 Å². The van der Waals surface area contributed by atoms with Crippen LogP contribution in [0.3, 0.4) is 0 Å². The molecule has 0 saturated heterocycles. The first-order chi connectivity index (χ1) is 8.37. The third-order valence-electron chi connectivity index (χ3n) is 1.49. The molecule has 1 aromatic heterocycles. The SMILES string of the molecule is CS(=O)(=O)NCCNc1nnc(SCC(=O)O)s1. The fraction of sp³-hybridized carbons (Fsp3) is 0.571. The second-order valence-corrected chi connectivity index (χ2v) is 7.18. The molecule has 0 saturated carbocycles. The molecule has 102 valence electrons. The Kier molecular flexibility index (Phi) is 5.78. The maximum absolute atomic E-state index is 10.8. The van der Waals surface area contributed by atoms with Gasteiger partial charge in [0.1, 0.15) is 0 Å². The monoisotopic (exact) mass is 312 g/mol. The van der Waals surface area contributed by atoms with Crippen LogP contribution in [-0.4, -0.2) is 54.8 Å². The van der Waals surface area contributed by atoms with Gasteiger partial charge in [0.15, 0.2) is 4.34 Å². The van der Waals surface area contributed by atoms with E-state index in [4.69, 9.17) is 5.11 Å². The van der Waals surface area contributed by atoms with Crippen molar-refractivity contribution in [3.8, 4) is 0 Å². The van der Waals surface area contributed by atoms with E-state index in [1.165, 1.54) is 11.3 Å². The molecule has 1 rings (SSSR count). The van der Waals surface area contributed by atoms with Gasteiger partial charge in [0.25, 0.3) is 0 Å². The summed E-state index contributed by atoms with van der Waals surface area (Å²) in [6, 6.07) is 0. The number of hydrogen-bond acceptors (Lipinski definition) is 8. The Bertz CT molecular complexity index is 501. The Morgan fingerprint density at radius 1 is 1.44 bits per heavy atom. The number of aromatic nitrogens is 2. The van der Waals surface area contributed by atoms with Crippen LogP contribution in [0.5, 0.6) is 0 Å². The Hall–Kier alpha value is -0.910. The van der Waals surface area contributed by atoms with E-state index in [0.717, 1.165) is 18.0 Å². The van der Waals surface area contributed by atoms with Crippen molar-refractivity contribution in [3.63, 3.8) is 0 Å². The van der Waals surface area contributed by atoms with E-state index in [-0.39, 0.29) is 12.3 Å². The zero-order valence-corrected chi connectivity index (χ0v) is 11.9. The molecule has 0 amide bonds. The minimum atomic E-state index is -3.18. The van der Waals surface area contributed by atoms with Crippen molar-refractivity contribution in [2.75, 3.05) is 30.4 Å². The summed E-state index contributed by atoms with van der Waals surface area (Å²) in [7, 11) is -3.18. The average molecular weight is 312 g/mol. The summed E-state index contributed by atoms with van der Waals surface area (Å²) in [4.78, 5) is 10.3. The van der Waals surface area contributed by atoms with E-state index in [1.807, 2.05) is 0 Å². The molecule has 0 unspecified atom stereocenters. The summed E-state index contributed by atoms with van der Waals surface area (Å²) in [6.07, 6.45) is 1.08. The summed E-state index contributed by atoms with van der Waals surface area (Å²) in [5.41, 5.74) is 0. The molecule has 11 heteroatoms. The number of rotatable bonds is 8. The van der Waals surface area contributed by atoms with Crippen molar-refractivity contribution < 1.29 is 18.3 Å². The minimum Gasteiger partial charge on any atom is -0.481 e. The molecule has 0 aliphatic carbocycles. The van der Waals surface area contributed by atoms with Crippen molar-refractivity contribution >= 4 is 44.2 Å². The predicted molar refractivity (Wildman–Crippen MR) is 69.6 cm³/mol. The molecule has 1 heterocycles. The molecule has 0 atom stereocenters. The van der Waals surface area contributed by atoms with Gasteiger partial charge in [-0.3, -0.25) is 4.79 Å². The molecule has 0 bridgehead atoms. The Balaban J connectivity index is 2.29.